The van der Waals surface area contributed by atoms with E-state index in [9.17, 15) is 0 Å². The maximum atomic E-state index is 5.08. The summed E-state index contributed by atoms with van der Waals surface area (Å²) in [7, 11) is 0. The van der Waals surface area contributed by atoms with E-state index in [1.54, 1.807) is 0 Å². The number of benzene rings is 10. The van der Waals surface area contributed by atoms with Crippen LogP contribution in [0.3, 0.4) is 0 Å². The molecule has 12 rings (SSSR count). The van der Waals surface area contributed by atoms with E-state index in [4.69, 9.17) is 9.97 Å². The van der Waals surface area contributed by atoms with Crippen molar-refractivity contribution in [3.05, 3.63) is 218 Å². The number of hydrogen-bond acceptors (Lipinski definition) is 2. The Balaban J connectivity index is 1.02. The van der Waals surface area contributed by atoms with Crippen LogP contribution in [0.1, 0.15) is 0 Å². The average molecular weight is 761 g/mol. The van der Waals surface area contributed by atoms with Gasteiger partial charge in [0.05, 0.1) is 11.4 Å². The van der Waals surface area contributed by atoms with Crippen molar-refractivity contribution in [3.8, 4) is 56.2 Å². The van der Waals surface area contributed by atoms with Crippen LogP contribution in [-0.2, 0) is 0 Å². The number of rotatable bonds is 5. The molecule has 1 heterocycles. The van der Waals surface area contributed by atoms with Gasteiger partial charge in [0.15, 0.2) is 5.82 Å². The molecule has 0 unspecified atom stereocenters. The lowest BCUT2D eigenvalue weighted by atomic mass is 9.87. The van der Waals surface area contributed by atoms with Crippen molar-refractivity contribution >= 4 is 64.6 Å². The van der Waals surface area contributed by atoms with Gasteiger partial charge in [-0.05, 0) is 105 Å². The second-order valence-corrected chi connectivity index (χ2v) is 15.7. The van der Waals surface area contributed by atoms with Crippen LogP contribution >= 0.6 is 0 Å². The van der Waals surface area contributed by atoms with Crippen molar-refractivity contribution in [2.75, 3.05) is 0 Å². The Morgan fingerprint density at radius 1 is 0.233 bits per heavy atom. The first-order chi connectivity index (χ1) is 29.7. The molecule has 0 aliphatic heterocycles. The Morgan fingerprint density at radius 3 is 1.32 bits per heavy atom. The molecule has 2 nitrogen and oxygen atoms in total. The fourth-order valence-electron chi connectivity index (χ4n) is 9.43. The van der Waals surface area contributed by atoms with E-state index in [1.807, 2.05) is 24.3 Å². The molecule has 11 aromatic carbocycles. The zero-order chi connectivity index (χ0) is 39.6. The fraction of sp³-hybridized carbons (Fsp3) is 0. The molecule has 0 amide bonds. The van der Waals surface area contributed by atoms with E-state index in [2.05, 4.69) is 194 Å². The van der Waals surface area contributed by atoms with Crippen LogP contribution < -0.4 is 0 Å². The molecule has 0 N–H and O–H groups in total. The van der Waals surface area contributed by atoms with Gasteiger partial charge in [-0.15, -0.1) is 0 Å². The molecule has 0 spiro atoms. The average Bonchev–Trinajstić information content (AvgIpc) is 3.33. The molecule has 0 fully saturated rings. The lowest BCUT2D eigenvalue weighted by Crippen LogP contribution is -1.95. The number of hydrogen-bond donors (Lipinski definition) is 0. The fourth-order valence-corrected chi connectivity index (χ4v) is 9.43. The van der Waals surface area contributed by atoms with E-state index in [0.29, 0.717) is 5.82 Å². The first-order valence-electron chi connectivity index (χ1n) is 20.6. The normalized spacial score (nSPS) is 11.7. The summed E-state index contributed by atoms with van der Waals surface area (Å²) in [6.07, 6.45) is 0. The lowest BCUT2D eigenvalue weighted by Gasteiger charge is -2.17. The van der Waals surface area contributed by atoms with Gasteiger partial charge in [0.25, 0.3) is 0 Å². The van der Waals surface area contributed by atoms with Crippen molar-refractivity contribution in [2.24, 2.45) is 0 Å². The molecule has 0 aliphatic carbocycles. The highest BCUT2D eigenvalue weighted by molar-refractivity contribution is 6.33. The summed E-state index contributed by atoms with van der Waals surface area (Å²) >= 11 is 0. The van der Waals surface area contributed by atoms with Gasteiger partial charge in [-0.1, -0.05) is 200 Å². The van der Waals surface area contributed by atoms with Crippen LogP contribution in [0, 0.1) is 0 Å². The Morgan fingerprint density at radius 2 is 0.683 bits per heavy atom. The van der Waals surface area contributed by atoms with Crippen LogP contribution in [0.25, 0.3) is 121 Å². The van der Waals surface area contributed by atoms with E-state index in [-0.39, 0.29) is 0 Å². The molecule has 1 aromatic heterocycles. The van der Waals surface area contributed by atoms with E-state index in [0.717, 1.165) is 33.6 Å². The van der Waals surface area contributed by atoms with Crippen molar-refractivity contribution in [1.82, 2.24) is 9.97 Å². The van der Waals surface area contributed by atoms with Crippen LogP contribution in [0.4, 0.5) is 0 Å². The van der Waals surface area contributed by atoms with Gasteiger partial charge in [0, 0.05) is 16.7 Å². The predicted molar refractivity (Wildman–Crippen MR) is 254 cm³/mol. The molecular formula is C58H36N2. The van der Waals surface area contributed by atoms with Crippen LogP contribution in [-0.4, -0.2) is 9.97 Å². The smallest absolute Gasteiger partial charge is 0.160 e. The summed E-state index contributed by atoms with van der Waals surface area (Å²) in [6, 6.07) is 79.0. The van der Waals surface area contributed by atoms with Gasteiger partial charge in [0.2, 0.25) is 0 Å². The second kappa shape index (κ2) is 13.9. The molecule has 0 bridgehead atoms. The van der Waals surface area contributed by atoms with Gasteiger partial charge in [-0.3, -0.25) is 0 Å². The van der Waals surface area contributed by atoms with Crippen LogP contribution in [0.5, 0.6) is 0 Å². The van der Waals surface area contributed by atoms with E-state index < -0.39 is 0 Å². The van der Waals surface area contributed by atoms with Gasteiger partial charge in [0.1, 0.15) is 0 Å². The summed E-state index contributed by atoms with van der Waals surface area (Å²) in [5, 5.41) is 15.2. The minimum Gasteiger partial charge on any atom is -0.228 e. The number of fused-ring (bicyclic) bond motifs is 6. The third kappa shape index (κ3) is 5.57. The lowest BCUT2D eigenvalue weighted by molar-refractivity contribution is 1.18. The number of nitrogens with zero attached hydrogens (tertiary/aromatic N) is 2. The molecule has 0 aliphatic rings. The van der Waals surface area contributed by atoms with Crippen molar-refractivity contribution < 1.29 is 0 Å². The molecular weight excluding hydrogens is 725 g/mol. The van der Waals surface area contributed by atoms with Crippen LogP contribution in [0.15, 0.2) is 218 Å². The molecule has 2 heteroatoms. The van der Waals surface area contributed by atoms with Gasteiger partial charge in [-0.2, -0.15) is 0 Å². The molecule has 0 atom stereocenters. The summed E-state index contributed by atoms with van der Waals surface area (Å²) in [5.74, 6) is 0.716. The predicted octanol–water partition coefficient (Wildman–Crippen LogP) is 15.7. The standard InChI is InChI=1S/C58H36N2/c1-3-14-38(15-4-1)54-36-55(60-58(59-54)41-16-5-2-6-17-41)39-28-26-37(27-29-39)44-32-33-45(47-20-8-7-19-46(44)47)43-34-42-31-30-40-18-13-25-52-50-23-11-9-21-48(50)49-22-10-12-24-51(49)53(35-43)57(42)56(40)52/h1-36H. The first-order valence-corrected chi connectivity index (χ1v) is 20.6. The Labute approximate surface area is 347 Å². The number of aromatic nitrogens is 2. The summed E-state index contributed by atoms with van der Waals surface area (Å²) in [6.45, 7) is 0. The topological polar surface area (TPSA) is 25.8 Å². The summed E-state index contributed by atoms with van der Waals surface area (Å²) in [5.41, 5.74) is 9.70. The van der Waals surface area contributed by atoms with Gasteiger partial charge in [-0.25, -0.2) is 9.97 Å². The zero-order valence-electron chi connectivity index (χ0n) is 32.7. The quantitative estimate of drug-likeness (QED) is 0.163. The van der Waals surface area contributed by atoms with Crippen LogP contribution in [0.2, 0.25) is 0 Å². The van der Waals surface area contributed by atoms with Gasteiger partial charge >= 0.3 is 0 Å². The maximum Gasteiger partial charge on any atom is 0.160 e. The van der Waals surface area contributed by atoms with E-state index in [1.165, 1.54) is 81.3 Å². The Bertz CT molecular complexity index is 3570. The Hall–Kier alpha value is -7.94. The van der Waals surface area contributed by atoms with Crippen molar-refractivity contribution in [1.29, 1.82) is 0 Å². The first kappa shape index (κ1) is 34.1. The molecule has 60 heavy (non-hydrogen) atoms. The molecule has 278 valence electrons. The highest BCUT2D eigenvalue weighted by atomic mass is 14.9. The third-order valence-corrected chi connectivity index (χ3v) is 12.2. The highest BCUT2D eigenvalue weighted by Gasteiger charge is 2.17. The molecule has 0 saturated carbocycles. The molecule has 0 radical (unpaired) electrons. The van der Waals surface area contributed by atoms with Crippen molar-refractivity contribution in [2.45, 2.75) is 0 Å². The largest absolute Gasteiger partial charge is 0.228 e. The van der Waals surface area contributed by atoms with E-state index >= 15 is 0 Å². The zero-order valence-corrected chi connectivity index (χ0v) is 32.7. The minimum atomic E-state index is 0.716. The maximum absolute atomic E-state index is 5.08. The molecule has 12 aromatic rings. The van der Waals surface area contributed by atoms with Crippen molar-refractivity contribution in [3.63, 3.8) is 0 Å². The van der Waals surface area contributed by atoms with Gasteiger partial charge < -0.3 is 0 Å². The third-order valence-electron chi connectivity index (χ3n) is 12.2. The monoisotopic (exact) mass is 760 g/mol. The summed E-state index contributed by atoms with van der Waals surface area (Å²) < 4.78 is 0. The summed E-state index contributed by atoms with van der Waals surface area (Å²) in [4.78, 5) is 10.1. The highest BCUT2D eigenvalue weighted by Crippen LogP contribution is 2.44. The second-order valence-electron chi connectivity index (χ2n) is 15.7. The SMILES string of the molecule is c1ccc(-c2cc(-c3ccc(-c4ccc(-c5cc6ccc7cccc8c9ccccc9c9ccccc9c(c5)c6c78)c5ccccc45)cc3)nc(-c3ccccc3)n2)cc1. The molecule has 0 saturated heterocycles. The Kier molecular flexibility index (Phi) is 7.89. The minimum absolute atomic E-state index is 0.716.